The molecule has 0 spiro atoms. The predicted molar refractivity (Wildman–Crippen MR) is 137 cm³/mol. The lowest BCUT2D eigenvalue weighted by atomic mass is 10.0. The Morgan fingerprint density at radius 3 is 2.73 bits per heavy atom. The van der Waals surface area contributed by atoms with Crippen LogP contribution in [0.4, 0.5) is 5.82 Å². The summed E-state index contributed by atoms with van der Waals surface area (Å²) >= 11 is 0. The molecule has 1 aliphatic heterocycles. The number of hydrogen-bond donors (Lipinski definition) is 3. The van der Waals surface area contributed by atoms with E-state index in [0.29, 0.717) is 48.3 Å². The molecule has 37 heavy (non-hydrogen) atoms. The van der Waals surface area contributed by atoms with Gasteiger partial charge in [-0.3, -0.25) is 0 Å². The highest BCUT2D eigenvalue weighted by atomic mass is 16.6. The average molecular weight is 504 g/mol. The van der Waals surface area contributed by atoms with Crippen LogP contribution in [0, 0.1) is 11.8 Å². The van der Waals surface area contributed by atoms with Gasteiger partial charge in [0.25, 0.3) is 0 Å². The molecule has 11 nitrogen and oxygen atoms in total. The lowest BCUT2D eigenvalue weighted by Crippen LogP contribution is -2.43. The first-order valence-corrected chi connectivity index (χ1v) is 12.1. The van der Waals surface area contributed by atoms with Crippen LogP contribution < -0.4 is 15.8 Å². The summed E-state index contributed by atoms with van der Waals surface area (Å²) in [6.07, 6.45) is -0.630. The van der Waals surface area contributed by atoms with Gasteiger partial charge in [-0.1, -0.05) is 36.3 Å². The number of anilines is 1. The average Bonchev–Trinajstić information content (AvgIpc) is 3.49. The van der Waals surface area contributed by atoms with Gasteiger partial charge in [0.2, 0.25) is 5.88 Å². The number of aryl methyl sites for hydroxylation is 1. The molecule has 5 rings (SSSR count). The number of hydrogen-bond acceptors (Lipinski definition) is 10. The Morgan fingerprint density at radius 2 is 2.08 bits per heavy atom. The van der Waals surface area contributed by atoms with Crippen LogP contribution in [0.2, 0.25) is 0 Å². The van der Waals surface area contributed by atoms with Gasteiger partial charge in [0.15, 0.2) is 23.4 Å². The fourth-order valence-corrected chi connectivity index (χ4v) is 4.22. The van der Waals surface area contributed by atoms with Gasteiger partial charge < -0.3 is 30.2 Å². The van der Waals surface area contributed by atoms with E-state index in [1.807, 2.05) is 47.9 Å². The summed E-state index contributed by atoms with van der Waals surface area (Å²) < 4.78 is 19.3. The van der Waals surface area contributed by atoms with Gasteiger partial charge in [0.1, 0.15) is 22.9 Å². The molecule has 4 aromatic rings. The van der Waals surface area contributed by atoms with Crippen molar-refractivity contribution in [3.05, 3.63) is 47.7 Å². The number of pyridine rings is 1. The van der Waals surface area contributed by atoms with Crippen molar-refractivity contribution in [1.29, 1.82) is 0 Å². The molecule has 0 saturated carbocycles. The molecule has 1 saturated heterocycles. The normalized spacial score (nSPS) is 16.8. The van der Waals surface area contributed by atoms with Crippen LogP contribution in [-0.4, -0.2) is 61.4 Å². The van der Waals surface area contributed by atoms with Crippen molar-refractivity contribution in [3.63, 3.8) is 0 Å². The summed E-state index contributed by atoms with van der Waals surface area (Å²) in [5.74, 6) is 6.77. The Labute approximate surface area is 214 Å². The van der Waals surface area contributed by atoms with E-state index in [0.717, 1.165) is 17.6 Å². The van der Waals surface area contributed by atoms with Crippen LogP contribution >= 0.6 is 0 Å². The lowest BCUT2D eigenvalue weighted by molar-refractivity contribution is -0.0445. The second kappa shape index (κ2) is 10.2. The minimum atomic E-state index is -1.23. The second-order valence-corrected chi connectivity index (χ2v) is 9.23. The molecule has 1 aliphatic rings. The molecule has 0 aliphatic carbocycles. The zero-order valence-corrected chi connectivity index (χ0v) is 20.9. The smallest absolute Gasteiger partial charge is 0.217 e. The van der Waals surface area contributed by atoms with E-state index < -0.39 is 11.7 Å². The van der Waals surface area contributed by atoms with Crippen LogP contribution in [0.15, 0.2) is 41.0 Å². The third-order valence-electron chi connectivity index (χ3n) is 5.91. The first kappa shape index (κ1) is 24.7. The number of morpholine rings is 1. The molecule has 192 valence electrons. The maximum absolute atomic E-state index is 10.2. The predicted octanol–water partition coefficient (Wildman–Crippen LogP) is 2.31. The zero-order valence-electron chi connectivity index (χ0n) is 20.9. The Balaban J connectivity index is 1.66. The fourth-order valence-electron chi connectivity index (χ4n) is 4.22. The van der Waals surface area contributed by atoms with Crippen molar-refractivity contribution >= 4 is 16.9 Å². The van der Waals surface area contributed by atoms with Crippen LogP contribution in [-0.2, 0) is 11.3 Å². The quantitative estimate of drug-likeness (QED) is 0.335. The lowest BCUT2D eigenvalue weighted by Gasteiger charge is -2.31. The van der Waals surface area contributed by atoms with E-state index in [2.05, 4.69) is 27.5 Å². The number of rotatable bonds is 6. The van der Waals surface area contributed by atoms with Gasteiger partial charge >= 0.3 is 0 Å². The Bertz CT molecular complexity index is 1440. The van der Waals surface area contributed by atoms with Crippen molar-refractivity contribution in [1.82, 2.24) is 30.2 Å². The number of nitrogens with zero attached hydrogens (tertiary/aromatic N) is 5. The Hall–Kier alpha value is -3.98. The maximum atomic E-state index is 10.2. The number of aliphatic hydroxyl groups is 1. The van der Waals surface area contributed by atoms with Crippen LogP contribution in [0.3, 0.4) is 0 Å². The Morgan fingerprint density at radius 1 is 1.27 bits per heavy atom. The first-order chi connectivity index (χ1) is 17.8. The SMILES string of the molecule is CCn1c(-c2nonc2N)nc2c(C#CC(C)(C)O)nc(OC(c3ccccc3)[C@@H]3CNCCO3)cc21. The molecule has 4 heterocycles. The first-order valence-electron chi connectivity index (χ1n) is 12.1. The molecule has 1 unspecified atom stereocenters. The highest BCUT2D eigenvalue weighted by Crippen LogP contribution is 2.32. The molecule has 11 heteroatoms. The minimum absolute atomic E-state index is 0.129. The molecule has 4 N–H and O–H groups in total. The van der Waals surface area contributed by atoms with Crippen LogP contribution in [0.25, 0.3) is 22.6 Å². The van der Waals surface area contributed by atoms with Crippen LogP contribution in [0.5, 0.6) is 5.88 Å². The summed E-state index contributed by atoms with van der Waals surface area (Å²) in [6, 6.07) is 11.7. The van der Waals surface area contributed by atoms with Crippen molar-refractivity contribution in [2.24, 2.45) is 0 Å². The van der Waals surface area contributed by atoms with Gasteiger partial charge in [-0.2, -0.15) is 0 Å². The summed E-state index contributed by atoms with van der Waals surface area (Å²) in [5, 5.41) is 21.2. The number of nitrogen functional groups attached to an aromatic ring is 1. The topological polar surface area (TPSA) is 146 Å². The standard InChI is InChI=1S/C26H29N7O4/c1-4-33-18-14-20(36-23(16-8-6-5-7-9-16)19-15-28-12-13-35-19)29-17(10-11-26(2,3)34)21(18)30-25(33)22-24(27)32-37-31-22/h5-9,14,19,23,28,34H,4,12-13,15H2,1-3H3,(H2,27,32)/t19-,23?/m0/s1. The number of benzene rings is 1. The number of aromatic nitrogens is 5. The third-order valence-corrected chi connectivity index (χ3v) is 5.91. The van der Waals surface area contributed by atoms with E-state index >= 15 is 0 Å². The monoisotopic (exact) mass is 503 g/mol. The second-order valence-electron chi connectivity index (χ2n) is 9.23. The molecular formula is C26H29N7O4. The highest BCUT2D eigenvalue weighted by Gasteiger charge is 2.29. The highest BCUT2D eigenvalue weighted by molar-refractivity contribution is 5.86. The molecule has 2 atom stereocenters. The number of nitrogens with one attached hydrogen (secondary N) is 1. The van der Waals surface area contributed by atoms with Gasteiger partial charge in [-0.15, -0.1) is 0 Å². The minimum Gasteiger partial charge on any atom is -0.467 e. The maximum Gasteiger partial charge on any atom is 0.217 e. The molecule has 0 bridgehead atoms. The fraction of sp³-hybridized carbons (Fsp3) is 0.385. The van der Waals surface area contributed by atoms with Gasteiger partial charge in [0.05, 0.1) is 12.1 Å². The number of imidazole rings is 1. The van der Waals surface area contributed by atoms with Gasteiger partial charge in [0, 0.05) is 25.7 Å². The van der Waals surface area contributed by atoms with E-state index in [-0.39, 0.29) is 11.9 Å². The molecule has 1 fully saturated rings. The summed E-state index contributed by atoms with van der Waals surface area (Å²) in [4.78, 5) is 9.45. The van der Waals surface area contributed by atoms with E-state index in [1.54, 1.807) is 13.8 Å². The number of ether oxygens (including phenoxy) is 2. The summed E-state index contributed by atoms with van der Waals surface area (Å²) in [7, 11) is 0. The Kier molecular flexibility index (Phi) is 6.80. The number of fused-ring (bicyclic) bond motifs is 1. The van der Waals surface area contributed by atoms with Crippen molar-refractivity contribution < 1.29 is 19.2 Å². The summed E-state index contributed by atoms with van der Waals surface area (Å²) in [5.41, 5.74) is 7.64. The third kappa shape index (κ3) is 5.27. The van der Waals surface area contributed by atoms with Gasteiger partial charge in [-0.05, 0) is 42.6 Å². The van der Waals surface area contributed by atoms with E-state index in [1.165, 1.54) is 0 Å². The number of nitrogens with two attached hydrogens (primary N) is 1. The zero-order chi connectivity index (χ0) is 26.0. The van der Waals surface area contributed by atoms with E-state index in [4.69, 9.17) is 29.8 Å². The van der Waals surface area contributed by atoms with Crippen molar-refractivity contribution in [2.45, 2.75) is 45.1 Å². The molecule has 1 aromatic carbocycles. The molecule has 0 amide bonds. The summed E-state index contributed by atoms with van der Waals surface area (Å²) in [6.45, 7) is 7.76. The largest absolute Gasteiger partial charge is 0.467 e. The van der Waals surface area contributed by atoms with Crippen molar-refractivity contribution in [3.8, 4) is 29.2 Å². The molecule has 3 aromatic heterocycles. The molecule has 0 radical (unpaired) electrons. The van der Waals surface area contributed by atoms with Gasteiger partial charge in [-0.25, -0.2) is 14.6 Å². The van der Waals surface area contributed by atoms with Crippen molar-refractivity contribution in [2.75, 3.05) is 25.4 Å². The van der Waals surface area contributed by atoms with E-state index in [9.17, 15) is 5.11 Å². The van der Waals surface area contributed by atoms with Crippen LogP contribution in [0.1, 0.15) is 38.1 Å². The molecular weight excluding hydrogens is 474 g/mol.